The molecule has 1 aromatic rings. The molecule has 1 atom stereocenters. The molecule has 1 N–H and O–H groups in total. The first kappa shape index (κ1) is 16.1. The molecule has 0 saturated carbocycles. The first-order chi connectivity index (χ1) is 9.90. The highest BCUT2D eigenvalue weighted by Crippen LogP contribution is 2.29. The Morgan fingerprint density at radius 1 is 1.38 bits per heavy atom. The monoisotopic (exact) mass is 345 g/mol. The van der Waals surface area contributed by atoms with Gasteiger partial charge < -0.3 is 5.32 Å². The summed E-state index contributed by atoms with van der Waals surface area (Å²) in [6, 6.07) is 4.77. The summed E-state index contributed by atoms with van der Waals surface area (Å²) in [5, 5.41) is 3.72. The van der Waals surface area contributed by atoms with Crippen LogP contribution in [0.2, 0.25) is 10.0 Å². The molecule has 1 aliphatic heterocycles. The number of hydrogen-bond donors (Lipinski definition) is 1. The fourth-order valence-electron chi connectivity index (χ4n) is 1.91. The summed E-state index contributed by atoms with van der Waals surface area (Å²) in [6.07, 6.45) is 0.0665. The van der Waals surface area contributed by atoms with E-state index in [0.29, 0.717) is 20.9 Å². The summed E-state index contributed by atoms with van der Waals surface area (Å²) in [5.41, 5.74) is 0.505. The largest absolute Gasteiger partial charge is 0.326 e. The molecule has 0 aliphatic carbocycles. The zero-order valence-electron chi connectivity index (χ0n) is 11.4. The van der Waals surface area contributed by atoms with Gasteiger partial charge >= 0.3 is 0 Å². The molecule has 1 fully saturated rings. The number of amidine groups is 1. The summed E-state index contributed by atoms with van der Waals surface area (Å²) in [6.45, 7) is 0. The van der Waals surface area contributed by atoms with Gasteiger partial charge in [0.2, 0.25) is 11.8 Å². The molecule has 0 spiro atoms. The molecule has 1 heterocycles. The number of aliphatic imine (C=N–C) groups is 1. The second kappa shape index (κ2) is 6.68. The van der Waals surface area contributed by atoms with Crippen LogP contribution in [0.3, 0.4) is 0 Å². The summed E-state index contributed by atoms with van der Waals surface area (Å²) >= 11 is 13.0. The van der Waals surface area contributed by atoms with Crippen LogP contribution in [0.4, 0.5) is 5.69 Å². The third-order valence-electron chi connectivity index (χ3n) is 2.85. The fourth-order valence-corrected chi connectivity index (χ4v) is 3.53. The third kappa shape index (κ3) is 3.90. The molecular formula is C13H13Cl2N3O2S. The summed E-state index contributed by atoms with van der Waals surface area (Å²) in [7, 11) is 3.26. The van der Waals surface area contributed by atoms with Gasteiger partial charge in [0.1, 0.15) is 5.25 Å². The Balaban J connectivity index is 2.01. The first-order valence-electron chi connectivity index (χ1n) is 6.07. The van der Waals surface area contributed by atoms with Crippen molar-refractivity contribution < 1.29 is 9.59 Å². The van der Waals surface area contributed by atoms with E-state index in [9.17, 15) is 9.59 Å². The number of carbonyl (C=O) groups excluding carboxylic acids is 2. The Hall–Kier alpha value is -1.24. The Labute approximate surface area is 136 Å². The minimum Gasteiger partial charge on any atom is -0.326 e. The highest BCUT2D eigenvalue weighted by atomic mass is 35.5. The molecule has 0 unspecified atom stereocenters. The van der Waals surface area contributed by atoms with Gasteiger partial charge in [0, 0.05) is 36.2 Å². The predicted molar refractivity (Wildman–Crippen MR) is 87.2 cm³/mol. The second-order valence-electron chi connectivity index (χ2n) is 4.42. The summed E-state index contributed by atoms with van der Waals surface area (Å²) in [4.78, 5) is 29.4. The van der Waals surface area contributed by atoms with Crippen molar-refractivity contribution in [3.05, 3.63) is 28.2 Å². The molecule has 0 bridgehead atoms. The van der Waals surface area contributed by atoms with Gasteiger partial charge in [0.25, 0.3) is 0 Å². The van der Waals surface area contributed by atoms with E-state index in [1.54, 1.807) is 32.3 Å². The lowest BCUT2D eigenvalue weighted by atomic mass is 10.2. The Morgan fingerprint density at radius 3 is 2.52 bits per heavy atom. The van der Waals surface area contributed by atoms with Gasteiger partial charge in [-0.15, -0.1) is 0 Å². The number of amides is 2. The smallest absolute Gasteiger partial charge is 0.242 e. The van der Waals surface area contributed by atoms with Gasteiger partial charge in [-0.2, -0.15) is 0 Å². The molecule has 0 radical (unpaired) electrons. The fraction of sp³-hybridized carbons (Fsp3) is 0.308. The zero-order valence-corrected chi connectivity index (χ0v) is 13.7. The summed E-state index contributed by atoms with van der Waals surface area (Å²) < 4.78 is 0. The normalized spacial score (nSPS) is 20.2. The number of nitrogens with zero attached hydrogens (tertiary/aromatic N) is 2. The number of rotatable bonds is 3. The lowest BCUT2D eigenvalue weighted by molar-refractivity contribution is -0.127. The Morgan fingerprint density at radius 2 is 2.00 bits per heavy atom. The molecule has 0 aromatic heterocycles. The van der Waals surface area contributed by atoms with Crippen molar-refractivity contribution in [3.63, 3.8) is 0 Å². The molecule has 112 valence electrons. The Kier molecular flexibility index (Phi) is 5.13. The molecule has 1 aliphatic rings. The van der Waals surface area contributed by atoms with Crippen LogP contribution in [-0.4, -0.2) is 41.2 Å². The van der Waals surface area contributed by atoms with E-state index in [-0.39, 0.29) is 18.2 Å². The highest BCUT2D eigenvalue weighted by Gasteiger charge is 2.36. The lowest BCUT2D eigenvalue weighted by Gasteiger charge is -2.09. The molecule has 21 heavy (non-hydrogen) atoms. The number of anilines is 1. The molecule has 1 aromatic carbocycles. The van der Waals surface area contributed by atoms with Crippen LogP contribution in [0.25, 0.3) is 0 Å². The van der Waals surface area contributed by atoms with E-state index in [0.717, 1.165) is 0 Å². The quantitative estimate of drug-likeness (QED) is 0.915. The van der Waals surface area contributed by atoms with Crippen LogP contribution in [0.15, 0.2) is 23.2 Å². The predicted octanol–water partition coefficient (Wildman–Crippen LogP) is 2.88. The SMILES string of the molecule is CN=C1S[C@@H](CC(=O)Nc2cc(Cl)cc(Cl)c2)C(=O)N1C. The van der Waals surface area contributed by atoms with Crippen molar-refractivity contribution >= 4 is 57.6 Å². The minimum absolute atomic E-state index is 0.0665. The van der Waals surface area contributed by atoms with Crippen molar-refractivity contribution in [2.24, 2.45) is 4.99 Å². The molecule has 8 heteroatoms. The van der Waals surface area contributed by atoms with Crippen molar-refractivity contribution in [1.29, 1.82) is 0 Å². The number of halogens is 2. The van der Waals surface area contributed by atoms with Crippen LogP contribution >= 0.6 is 35.0 Å². The Bertz CT molecular complexity index is 601. The number of nitrogens with one attached hydrogen (secondary N) is 1. The van der Waals surface area contributed by atoms with Crippen LogP contribution in [0.1, 0.15) is 6.42 Å². The molecule has 1 saturated heterocycles. The van der Waals surface area contributed by atoms with Gasteiger partial charge in [0.05, 0.1) is 0 Å². The average molecular weight is 346 g/mol. The topological polar surface area (TPSA) is 61.8 Å². The zero-order chi connectivity index (χ0) is 15.6. The minimum atomic E-state index is -0.455. The van der Waals surface area contributed by atoms with Gasteiger partial charge in [-0.25, -0.2) is 0 Å². The van der Waals surface area contributed by atoms with E-state index in [1.807, 2.05) is 0 Å². The number of benzene rings is 1. The molecule has 2 amide bonds. The van der Waals surface area contributed by atoms with Crippen molar-refractivity contribution in [2.45, 2.75) is 11.7 Å². The maximum Gasteiger partial charge on any atom is 0.242 e. The second-order valence-corrected chi connectivity index (χ2v) is 6.46. The molecule has 2 rings (SSSR count). The highest BCUT2D eigenvalue weighted by molar-refractivity contribution is 8.15. The van der Waals surface area contributed by atoms with Crippen LogP contribution in [0.5, 0.6) is 0 Å². The number of carbonyl (C=O) groups is 2. The number of thioether (sulfide) groups is 1. The van der Waals surface area contributed by atoms with E-state index in [1.165, 1.54) is 16.7 Å². The van der Waals surface area contributed by atoms with Crippen LogP contribution in [-0.2, 0) is 9.59 Å². The van der Waals surface area contributed by atoms with E-state index in [2.05, 4.69) is 10.3 Å². The van der Waals surface area contributed by atoms with Crippen LogP contribution in [0, 0.1) is 0 Å². The standard InChI is InChI=1S/C13H13Cl2N3O2S/c1-16-13-18(2)12(20)10(21-13)6-11(19)17-9-4-7(14)3-8(15)5-9/h3-5,10H,6H2,1-2H3,(H,17,19)/t10-/m0/s1. The van der Waals surface area contributed by atoms with Crippen molar-refractivity contribution in [3.8, 4) is 0 Å². The maximum atomic E-state index is 12.0. The van der Waals surface area contributed by atoms with Crippen molar-refractivity contribution in [1.82, 2.24) is 4.90 Å². The van der Waals surface area contributed by atoms with Crippen LogP contribution < -0.4 is 5.32 Å². The third-order valence-corrected chi connectivity index (χ3v) is 4.61. The average Bonchev–Trinajstić information content (AvgIpc) is 2.65. The van der Waals surface area contributed by atoms with E-state index < -0.39 is 5.25 Å². The van der Waals surface area contributed by atoms with Gasteiger partial charge in [-0.05, 0) is 18.2 Å². The van der Waals surface area contributed by atoms with Crippen molar-refractivity contribution in [2.75, 3.05) is 19.4 Å². The molecular weight excluding hydrogens is 333 g/mol. The maximum absolute atomic E-state index is 12.0. The first-order valence-corrected chi connectivity index (χ1v) is 7.71. The van der Waals surface area contributed by atoms with E-state index in [4.69, 9.17) is 23.2 Å². The molecule has 5 nitrogen and oxygen atoms in total. The van der Waals surface area contributed by atoms with Gasteiger partial charge in [0.15, 0.2) is 5.17 Å². The van der Waals surface area contributed by atoms with Gasteiger partial charge in [-0.3, -0.25) is 19.5 Å². The lowest BCUT2D eigenvalue weighted by Crippen LogP contribution is -2.30. The van der Waals surface area contributed by atoms with E-state index >= 15 is 0 Å². The van der Waals surface area contributed by atoms with Gasteiger partial charge in [-0.1, -0.05) is 35.0 Å². The number of hydrogen-bond acceptors (Lipinski definition) is 4. The summed E-state index contributed by atoms with van der Waals surface area (Å²) in [5.74, 6) is -0.398.